The Bertz CT molecular complexity index is 991. The van der Waals surface area contributed by atoms with Crippen LogP contribution in [-0.4, -0.2) is 24.3 Å². The molecule has 0 aliphatic carbocycles. The maximum Gasteiger partial charge on any atom is 0.240 e. The van der Waals surface area contributed by atoms with Crippen LogP contribution in [0.25, 0.3) is 5.65 Å². The third kappa shape index (κ3) is 3.34. The number of hydrogen-bond donors (Lipinski definition) is 1. The lowest BCUT2D eigenvalue weighted by Gasteiger charge is -2.09. The molecule has 2 heterocycles. The van der Waals surface area contributed by atoms with Gasteiger partial charge in [-0.05, 0) is 44.0 Å². The molecule has 0 aliphatic rings. The smallest absolute Gasteiger partial charge is 0.240 e. The largest absolute Gasteiger partial charge is 0.307 e. The van der Waals surface area contributed by atoms with Gasteiger partial charge in [-0.15, -0.1) is 0 Å². The van der Waals surface area contributed by atoms with Crippen molar-refractivity contribution in [3.8, 4) is 0 Å². The molecule has 0 saturated carbocycles. The highest BCUT2D eigenvalue weighted by atomic mass is 32.2. The summed E-state index contributed by atoms with van der Waals surface area (Å²) in [5, 5.41) is 0. The van der Waals surface area contributed by atoms with E-state index >= 15 is 0 Å². The van der Waals surface area contributed by atoms with E-state index in [1.54, 1.807) is 6.07 Å². The number of hydrogen-bond acceptors (Lipinski definition) is 3. The summed E-state index contributed by atoms with van der Waals surface area (Å²) in [4.78, 5) is 4.89. The van der Waals surface area contributed by atoms with E-state index in [1.165, 1.54) is 0 Å². The molecule has 0 aliphatic heterocycles. The standard InChI is InChI=1S/C18H21N3O2S/c1-13-6-7-17(15(3)11-13)24(22,23)19-9-8-16-12-21-10-4-5-14(2)18(21)20-16/h4-7,10-12,19H,8-9H2,1-3H3. The van der Waals surface area contributed by atoms with Crippen LogP contribution >= 0.6 is 0 Å². The maximum atomic E-state index is 12.4. The van der Waals surface area contributed by atoms with Crippen LogP contribution in [0.2, 0.25) is 0 Å². The summed E-state index contributed by atoms with van der Waals surface area (Å²) in [7, 11) is -3.50. The topological polar surface area (TPSA) is 63.5 Å². The normalized spacial score (nSPS) is 12.0. The quantitative estimate of drug-likeness (QED) is 0.775. The molecule has 0 bridgehead atoms. The van der Waals surface area contributed by atoms with Crippen LogP contribution in [0.3, 0.4) is 0 Å². The summed E-state index contributed by atoms with van der Waals surface area (Å²) in [6.07, 6.45) is 4.43. The van der Waals surface area contributed by atoms with Crippen LogP contribution in [0, 0.1) is 20.8 Å². The predicted octanol–water partition coefficient (Wildman–Crippen LogP) is 2.78. The summed E-state index contributed by atoms with van der Waals surface area (Å²) in [6.45, 7) is 6.09. The second kappa shape index (κ2) is 6.37. The van der Waals surface area contributed by atoms with Crippen molar-refractivity contribution < 1.29 is 8.42 Å². The third-order valence-corrected chi connectivity index (χ3v) is 5.64. The molecular formula is C18H21N3O2S. The van der Waals surface area contributed by atoms with Crippen LogP contribution in [0.5, 0.6) is 0 Å². The average Bonchev–Trinajstić information content (AvgIpc) is 2.91. The van der Waals surface area contributed by atoms with Crippen LogP contribution in [0.1, 0.15) is 22.4 Å². The number of pyridine rings is 1. The maximum absolute atomic E-state index is 12.4. The Hall–Kier alpha value is -2.18. The van der Waals surface area contributed by atoms with Crippen molar-refractivity contribution in [2.24, 2.45) is 0 Å². The van der Waals surface area contributed by atoms with Gasteiger partial charge in [-0.25, -0.2) is 18.1 Å². The van der Waals surface area contributed by atoms with Gasteiger partial charge in [0.05, 0.1) is 10.6 Å². The van der Waals surface area contributed by atoms with E-state index in [0.29, 0.717) is 17.9 Å². The number of aromatic nitrogens is 2. The number of imidazole rings is 1. The zero-order valence-electron chi connectivity index (χ0n) is 14.1. The number of fused-ring (bicyclic) bond motifs is 1. The molecule has 2 aromatic heterocycles. The molecule has 0 spiro atoms. The lowest BCUT2D eigenvalue weighted by Crippen LogP contribution is -2.26. The van der Waals surface area contributed by atoms with E-state index < -0.39 is 10.0 Å². The van der Waals surface area contributed by atoms with E-state index in [1.807, 2.05) is 61.8 Å². The van der Waals surface area contributed by atoms with Gasteiger partial charge in [-0.3, -0.25) is 0 Å². The fraction of sp³-hybridized carbons (Fsp3) is 0.278. The lowest BCUT2D eigenvalue weighted by atomic mass is 10.2. The molecule has 6 heteroatoms. The number of aryl methyl sites for hydroxylation is 3. The van der Waals surface area contributed by atoms with E-state index in [-0.39, 0.29) is 0 Å². The highest BCUT2D eigenvalue weighted by molar-refractivity contribution is 7.89. The highest BCUT2D eigenvalue weighted by Gasteiger charge is 2.16. The van der Waals surface area contributed by atoms with Gasteiger partial charge >= 0.3 is 0 Å². The molecule has 3 aromatic rings. The predicted molar refractivity (Wildman–Crippen MR) is 94.7 cm³/mol. The Kier molecular flexibility index (Phi) is 4.43. The fourth-order valence-corrected chi connectivity index (χ4v) is 4.07. The van der Waals surface area contributed by atoms with Crippen molar-refractivity contribution in [3.05, 3.63) is 65.1 Å². The molecule has 1 aromatic carbocycles. The zero-order chi connectivity index (χ0) is 17.3. The average molecular weight is 343 g/mol. The molecule has 0 amide bonds. The van der Waals surface area contributed by atoms with Gasteiger partial charge in [0, 0.05) is 25.4 Å². The van der Waals surface area contributed by atoms with Crippen molar-refractivity contribution in [2.45, 2.75) is 32.1 Å². The fourth-order valence-electron chi connectivity index (χ4n) is 2.82. The molecule has 0 radical (unpaired) electrons. The second-order valence-corrected chi connectivity index (χ2v) is 7.81. The summed E-state index contributed by atoms with van der Waals surface area (Å²) < 4.78 is 29.5. The van der Waals surface area contributed by atoms with E-state index in [4.69, 9.17) is 0 Å². The summed E-state index contributed by atoms with van der Waals surface area (Å²) in [6, 6.07) is 9.32. The lowest BCUT2D eigenvalue weighted by molar-refractivity contribution is 0.580. The molecule has 0 saturated heterocycles. The second-order valence-electron chi connectivity index (χ2n) is 6.07. The van der Waals surface area contributed by atoms with Crippen molar-refractivity contribution in [1.82, 2.24) is 14.1 Å². The SMILES string of the molecule is Cc1ccc(S(=O)(=O)NCCc2cn3cccc(C)c3n2)c(C)c1. The van der Waals surface area contributed by atoms with Gasteiger partial charge in [0.2, 0.25) is 10.0 Å². The molecule has 0 fully saturated rings. The number of benzene rings is 1. The monoisotopic (exact) mass is 343 g/mol. The van der Waals surface area contributed by atoms with Gasteiger partial charge in [-0.1, -0.05) is 23.8 Å². The van der Waals surface area contributed by atoms with Crippen LogP contribution in [0.4, 0.5) is 0 Å². The Balaban J connectivity index is 1.71. The molecule has 24 heavy (non-hydrogen) atoms. The zero-order valence-corrected chi connectivity index (χ0v) is 14.9. The van der Waals surface area contributed by atoms with E-state index in [0.717, 1.165) is 28.0 Å². The van der Waals surface area contributed by atoms with Gasteiger partial charge < -0.3 is 4.40 Å². The van der Waals surface area contributed by atoms with Gasteiger partial charge in [0.1, 0.15) is 5.65 Å². The molecule has 126 valence electrons. The minimum absolute atomic E-state index is 0.318. The van der Waals surface area contributed by atoms with Crippen molar-refractivity contribution in [3.63, 3.8) is 0 Å². The first-order valence-electron chi connectivity index (χ1n) is 7.87. The molecule has 0 atom stereocenters. The molecule has 5 nitrogen and oxygen atoms in total. The van der Waals surface area contributed by atoms with Gasteiger partial charge in [0.25, 0.3) is 0 Å². The molecule has 3 rings (SSSR count). The van der Waals surface area contributed by atoms with E-state index in [2.05, 4.69) is 9.71 Å². The first kappa shape index (κ1) is 16.7. The number of nitrogens with one attached hydrogen (secondary N) is 1. The Morgan fingerprint density at radius 3 is 2.62 bits per heavy atom. The Morgan fingerprint density at radius 2 is 1.92 bits per heavy atom. The van der Waals surface area contributed by atoms with Crippen molar-refractivity contribution >= 4 is 15.7 Å². The molecule has 1 N–H and O–H groups in total. The molecular weight excluding hydrogens is 322 g/mol. The van der Waals surface area contributed by atoms with Crippen LogP contribution in [-0.2, 0) is 16.4 Å². The summed E-state index contributed by atoms with van der Waals surface area (Å²) >= 11 is 0. The number of nitrogens with zero attached hydrogens (tertiary/aromatic N) is 2. The summed E-state index contributed by atoms with van der Waals surface area (Å²) in [5.41, 5.74) is 4.68. The van der Waals surface area contributed by atoms with Crippen molar-refractivity contribution in [1.29, 1.82) is 0 Å². The van der Waals surface area contributed by atoms with Crippen molar-refractivity contribution in [2.75, 3.05) is 6.54 Å². The molecule has 0 unspecified atom stereocenters. The minimum Gasteiger partial charge on any atom is -0.307 e. The number of rotatable bonds is 5. The summed E-state index contributed by atoms with van der Waals surface area (Å²) in [5.74, 6) is 0. The first-order valence-corrected chi connectivity index (χ1v) is 9.35. The van der Waals surface area contributed by atoms with Gasteiger partial charge in [0.15, 0.2) is 0 Å². The first-order chi connectivity index (χ1) is 11.4. The Labute approximate surface area is 142 Å². The van der Waals surface area contributed by atoms with Gasteiger partial charge in [-0.2, -0.15) is 0 Å². The minimum atomic E-state index is -3.50. The number of sulfonamides is 1. The Morgan fingerprint density at radius 1 is 1.12 bits per heavy atom. The third-order valence-electron chi connectivity index (χ3n) is 4.02. The van der Waals surface area contributed by atoms with E-state index in [9.17, 15) is 8.42 Å². The van der Waals surface area contributed by atoms with Crippen LogP contribution < -0.4 is 4.72 Å². The van der Waals surface area contributed by atoms with Crippen LogP contribution in [0.15, 0.2) is 47.6 Å². The highest BCUT2D eigenvalue weighted by Crippen LogP contribution is 2.16.